The molecular formula is C28H18Cl2O11. The van der Waals surface area contributed by atoms with E-state index in [1.807, 2.05) is 0 Å². The van der Waals surface area contributed by atoms with Crippen molar-refractivity contribution < 1.29 is 52.4 Å². The number of carbonyl (C=O) groups excluding carboxylic acids is 5. The minimum Gasteiger partial charge on any atom is -0.448 e. The van der Waals surface area contributed by atoms with E-state index in [-0.39, 0.29) is 66.8 Å². The molecule has 0 aromatic heterocycles. The van der Waals surface area contributed by atoms with Crippen molar-refractivity contribution in [2.24, 2.45) is 0 Å². The van der Waals surface area contributed by atoms with Gasteiger partial charge in [0.2, 0.25) is 11.5 Å². The van der Waals surface area contributed by atoms with E-state index in [9.17, 15) is 24.0 Å². The molecule has 11 nitrogen and oxygen atoms in total. The maximum Gasteiger partial charge on any atom is 0.340 e. The molecule has 0 amide bonds. The third kappa shape index (κ3) is 4.62. The number of esters is 5. The molecule has 41 heavy (non-hydrogen) atoms. The van der Waals surface area contributed by atoms with Crippen molar-refractivity contribution in [2.75, 3.05) is 0 Å². The lowest BCUT2D eigenvalue weighted by Gasteiger charge is -2.37. The van der Waals surface area contributed by atoms with Crippen LogP contribution in [-0.2, 0) is 29.5 Å². The number of halogens is 2. The number of hydrogen-bond acceptors (Lipinski definition) is 11. The summed E-state index contributed by atoms with van der Waals surface area (Å²) in [5, 5.41) is 0.176. The maximum absolute atomic E-state index is 13.3. The first-order valence-electron chi connectivity index (χ1n) is 11.8. The first-order valence-corrected chi connectivity index (χ1v) is 12.6. The molecule has 0 unspecified atom stereocenters. The third-order valence-electron chi connectivity index (χ3n) is 6.02. The van der Waals surface area contributed by atoms with Crippen LogP contribution in [0.3, 0.4) is 0 Å². The van der Waals surface area contributed by atoms with E-state index in [2.05, 4.69) is 0 Å². The van der Waals surface area contributed by atoms with Crippen LogP contribution < -0.4 is 23.7 Å². The van der Waals surface area contributed by atoms with Gasteiger partial charge in [-0.05, 0) is 36.4 Å². The molecule has 2 aliphatic heterocycles. The van der Waals surface area contributed by atoms with E-state index in [1.165, 1.54) is 36.4 Å². The summed E-state index contributed by atoms with van der Waals surface area (Å²) in [6.07, 6.45) is 0. The molecule has 1 spiro atoms. The van der Waals surface area contributed by atoms with Crippen LogP contribution in [0.2, 0.25) is 10.0 Å². The SMILES string of the molecule is CC(=O)Oc1ccc2c(c1OC(C)=O)Oc1c(ccc(OC(C)=O)c1OC(C)=O)C21OC(=O)c2cc(Cl)c(Cl)cc21. The van der Waals surface area contributed by atoms with Gasteiger partial charge in [-0.25, -0.2) is 4.79 Å². The lowest BCUT2D eigenvalue weighted by molar-refractivity contribution is -0.134. The van der Waals surface area contributed by atoms with Crippen LogP contribution >= 0.6 is 23.2 Å². The minimum absolute atomic E-state index is 0.0643. The van der Waals surface area contributed by atoms with Gasteiger partial charge in [0.1, 0.15) is 0 Å². The summed E-state index contributed by atoms with van der Waals surface area (Å²) in [6, 6.07) is 8.32. The number of fused-ring (bicyclic) bond motifs is 6. The summed E-state index contributed by atoms with van der Waals surface area (Å²) in [7, 11) is 0. The lowest BCUT2D eigenvalue weighted by Crippen LogP contribution is -2.33. The average Bonchev–Trinajstić information content (AvgIpc) is 3.13. The van der Waals surface area contributed by atoms with Crippen LogP contribution in [0.1, 0.15) is 54.7 Å². The normalized spacial score (nSPS) is 13.7. The number of carbonyl (C=O) groups is 5. The molecule has 0 fully saturated rings. The Hall–Kier alpha value is -4.61. The molecular weight excluding hydrogens is 583 g/mol. The Morgan fingerprint density at radius 3 is 1.54 bits per heavy atom. The van der Waals surface area contributed by atoms with Gasteiger partial charge in [-0.2, -0.15) is 0 Å². The van der Waals surface area contributed by atoms with E-state index in [1.54, 1.807) is 0 Å². The second-order valence-corrected chi connectivity index (χ2v) is 9.71. The summed E-state index contributed by atoms with van der Waals surface area (Å²) in [5.41, 5.74) is -1.27. The van der Waals surface area contributed by atoms with E-state index in [0.717, 1.165) is 27.7 Å². The van der Waals surface area contributed by atoms with Gasteiger partial charge in [-0.15, -0.1) is 0 Å². The molecule has 2 heterocycles. The van der Waals surface area contributed by atoms with Crippen molar-refractivity contribution in [1.82, 2.24) is 0 Å². The Balaban J connectivity index is 1.93. The van der Waals surface area contributed by atoms with Gasteiger partial charge in [0, 0.05) is 33.3 Å². The first-order chi connectivity index (χ1) is 19.3. The van der Waals surface area contributed by atoms with E-state index in [0.29, 0.717) is 0 Å². The van der Waals surface area contributed by atoms with Gasteiger partial charge < -0.3 is 28.4 Å². The Kier molecular flexibility index (Phi) is 6.88. The summed E-state index contributed by atoms with van der Waals surface area (Å²) in [6.45, 7) is 4.50. The fourth-order valence-electron chi connectivity index (χ4n) is 4.70. The second-order valence-electron chi connectivity index (χ2n) is 8.90. The molecule has 210 valence electrons. The fourth-order valence-corrected chi connectivity index (χ4v) is 5.03. The molecule has 3 aromatic rings. The largest absolute Gasteiger partial charge is 0.448 e. The van der Waals surface area contributed by atoms with Gasteiger partial charge in [-0.3, -0.25) is 19.2 Å². The highest BCUT2D eigenvalue weighted by molar-refractivity contribution is 6.42. The topological polar surface area (TPSA) is 141 Å². The molecule has 0 bridgehead atoms. The van der Waals surface area contributed by atoms with E-state index < -0.39 is 35.4 Å². The van der Waals surface area contributed by atoms with Crippen molar-refractivity contribution in [3.8, 4) is 34.5 Å². The standard InChI is InChI=1S/C28H18Cl2O11/c1-11(31)36-21-7-5-16-23(25(21)38-13(3)33)40-24-17(6-8-22(37-12(2)32)26(24)39-14(4)34)28(16)18-10-20(30)19(29)9-15(18)27(35)41-28/h5-10H,1-4H3. The van der Waals surface area contributed by atoms with Crippen molar-refractivity contribution in [1.29, 1.82) is 0 Å². The zero-order chi connectivity index (χ0) is 29.8. The third-order valence-corrected chi connectivity index (χ3v) is 6.74. The van der Waals surface area contributed by atoms with Crippen LogP contribution in [0.4, 0.5) is 0 Å². The number of rotatable bonds is 4. The molecule has 0 saturated carbocycles. The van der Waals surface area contributed by atoms with Crippen LogP contribution in [0, 0.1) is 0 Å². The van der Waals surface area contributed by atoms with Gasteiger partial charge in [0.15, 0.2) is 28.6 Å². The summed E-state index contributed by atoms with van der Waals surface area (Å²) >= 11 is 12.6. The second kappa shape index (κ2) is 10.1. The van der Waals surface area contributed by atoms with Crippen LogP contribution in [-0.4, -0.2) is 29.8 Å². The van der Waals surface area contributed by atoms with E-state index >= 15 is 0 Å². The quantitative estimate of drug-likeness (QED) is 0.286. The molecule has 0 atom stereocenters. The Morgan fingerprint density at radius 1 is 0.659 bits per heavy atom. The molecule has 0 aliphatic carbocycles. The maximum atomic E-state index is 13.3. The minimum atomic E-state index is -1.84. The molecule has 3 aromatic carbocycles. The lowest BCUT2D eigenvalue weighted by atomic mass is 9.77. The molecule has 0 radical (unpaired) electrons. The summed E-state index contributed by atoms with van der Waals surface area (Å²) in [4.78, 5) is 61.3. The summed E-state index contributed by atoms with van der Waals surface area (Å²) in [5.74, 6) is -5.40. The molecule has 5 rings (SSSR count). The smallest absolute Gasteiger partial charge is 0.340 e. The zero-order valence-corrected chi connectivity index (χ0v) is 23.2. The Morgan fingerprint density at radius 2 is 1.10 bits per heavy atom. The van der Waals surface area contributed by atoms with Crippen molar-refractivity contribution in [3.63, 3.8) is 0 Å². The summed E-state index contributed by atoms with van der Waals surface area (Å²) < 4.78 is 33.6. The molecule has 2 aliphatic rings. The molecule has 0 saturated heterocycles. The number of benzene rings is 3. The number of hydrogen-bond donors (Lipinski definition) is 0. The van der Waals surface area contributed by atoms with Gasteiger partial charge in [0.25, 0.3) is 0 Å². The van der Waals surface area contributed by atoms with Crippen LogP contribution in [0.5, 0.6) is 34.5 Å². The Labute approximate surface area is 241 Å². The van der Waals surface area contributed by atoms with Crippen molar-refractivity contribution in [2.45, 2.75) is 33.3 Å². The molecule has 0 N–H and O–H groups in total. The highest BCUT2D eigenvalue weighted by atomic mass is 35.5. The first kappa shape index (κ1) is 27.9. The van der Waals surface area contributed by atoms with E-state index in [4.69, 9.17) is 51.6 Å². The number of ether oxygens (including phenoxy) is 6. The predicted molar refractivity (Wildman–Crippen MR) is 140 cm³/mol. The highest BCUT2D eigenvalue weighted by Crippen LogP contribution is 2.63. The molecule has 13 heteroatoms. The van der Waals surface area contributed by atoms with Crippen LogP contribution in [0.15, 0.2) is 36.4 Å². The van der Waals surface area contributed by atoms with Crippen molar-refractivity contribution in [3.05, 3.63) is 68.7 Å². The predicted octanol–water partition coefficient (Wildman–Crippen LogP) is 5.26. The highest BCUT2D eigenvalue weighted by Gasteiger charge is 2.56. The van der Waals surface area contributed by atoms with Crippen LogP contribution in [0.25, 0.3) is 0 Å². The fraction of sp³-hybridized carbons (Fsp3) is 0.179. The van der Waals surface area contributed by atoms with Gasteiger partial charge in [0.05, 0.1) is 26.7 Å². The monoisotopic (exact) mass is 600 g/mol. The average molecular weight is 601 g/mol. The Bertz CT molecular complexity index is 1620. The van der Waals surface area contributed by atoms with Gasteiger partial charge in [-0.1, -0.05) is 23.2 Å². The van der Waals surface area contributed by atoms with Crippen molar-refractivity contribution >= 4 is 53.0 Å². The van der Waals surface area contributed by atoms with Gasteiger partial charge >= 0.3 is 29.8 Å². The zero-order valence-electron chi connectivity index (χ0n) is 21.7.